The molecule has 1 aromatic heterocycles. The van der Waals surface area contributed by atoms with Crippen LogP contribution in [-0.4, -0.2) is 42.2 Å². The Morgan fingerprint density at radius 1 is 1.17 bits per heavy atom. The second kappa shape index (κ2) is 7.47. The van der Waals surface area contributed by atoms with Crippen LogP contribution in [0.3, 0.4) is 0 Å². The van der Waals surface area contributed by atoms with Crippen LogP contribution in [0.2, 0.25) is 0 Å². The molecule has 0 N–H and O–H groups in total. The van der Waals surface area contributed by atoms with E-state index in [0.29, 0.717) is 31.9 Å². The number of nitrogens with zero attached hydrogens (tertiary/aromatic N) is 4. The summed E-state index contributed by atoms with van der Waals surface area (Å²) >= 11 is 0. The summed E-state index contributed by atoms with van der Waals surface area (Å²) in [5.74, 6) is 0. The number of amides is 1. The molecule has 0 aliphatic carbocycles. The van der Waals surface area contributed by atoms with Crippen molar-refractivity contribution in [2.75, 3.05) is 31.1 Å². The lowest BCUT2D eigenvalue weighted by Gasteiger charge is -2.35. The van der Waals surface area contributed by atoms with Gasteiger partial charge in [-0.3, -0.25) is 0 Å². The molecule has 122 valence electrons. The number of hydrogen-bond acceptors (Lipinski definition) is 5. The molecule has 6 heteroatoms. The molecule has 1 amide bonds. The topological polar surface area (TPSA) is 69.5 Å². The van der Waals surface area contributed by atoms with Gasteiger partial charge in [0.1, 0.15) is 18.4 Å². The first-order chi connectivity index (χ1) is 11.8. The summed E-state index contributed by atoms with van der Waals surface area (Å²) in [5.41, 5.74) is 2.33. The maximum absolute atomic E-state index is 12.1. The van der Waals surface area contributed by atoms with Crippen LogP contribution in [0.25, 0.3) is 0 Å². The van der Waals surface area contributed by atoms with Crippen molar-refractivity contribution in [3.8, 4) is 6.07 Å². The number of nitriles is 1. The minimum Gasteiger partial charge on any atom is -0.445 e. The average Bonchev–Trinajstić information content (AvgIpc) is 2.67. The molecule has 1 fully saturated rings. The monoisotopic (exact) mass is 322 g/mol. The molecule has 2 heterocycles. The smallest absolute Gasteiger partial charge is 0.410 e. The zero-order chi connectivity index (χ0) is 16.8. The number of carbonyl (C=O) groups is 1. The highest BCUT2D eigenvalue weighted by molar-refractivity contribution is 5.68. The van der Waals surface area contributed by atoms with E-state index in [0.717, 1.165) is 11.3 Å². The number of anilines is 1. The average molecular weight is 322 g/mol. The van der Waals surface area contributed by atoms with Gasteiger partial charge in [0.05, 0.1) is 0 Å². The van der Waals surface area contributed by atoms with Crippen molar-refractivity contribution in [2.45, 2.75) is 6.61 Å². The zero-order valence-corrected chi connectivity index (χ0v) is 13.3. The Morgan fingerprint density at radius 3 is 2.62 bits per heavy atom. The van der Waals surface area contributed by atoms with Gasteiger partial charge >= 0.3 is 6.09 Å². The Bertz CT molecular complexity index is 734. The SMILES string of the molecule is N#Cc1cc(N2CCN(C(=O)OCc3ccccc3)CC2)ccn1. The maximum Gasteiger partial charge on any atom is 0.410 e. The first kappa shape index (κ1) is 15.8. The molecular formula is C18H18N4O2. The lowest BCUT2D eigenvalue weighted by molar-refractivity contribution is 0.0942. The molecule has 0 bridgehead atoms. The first-order valence-corrected chi connectivity index (χ1v) is 7.83. The highest BCUT2D eigenvalue weighted by Crippen LogP contribution is 2.17. The van der Waals surface area contributed by atoms with Gasteiger partial charge in [0.25, 0.3) is 0 Å². The van der Waals surface area contributed by atoms with Gasteiger partial charge in [0, 0.05) is 38.1 Å². The van der Waals surface area contributed by atoms with Gasteiger partial charge in [0.2, 0.25) is 0 Å². The fourth-order valence-corrected chi connectivity index (χ4v) is 2.64. The van der Waals surface area contributed by atoms with E-state index in [1.807, 2.05) is 42.5 Å². The van der Waals surface area contributed by atoms with E-state index in [-0.39, 0.29) is 12.7 Å². The van der Waals surface area contributed by atoms with Gasteiger partial charge < -0.3 is 14.5 Å². The number of pyridine rings is 1. The van der Waals surface area contributed by atoms with Crippen molar-refractivity contribution in [1.29, 1.82) is 5.26 Å². The van der Waals surface area contributed by atoms with E-state index in [1.54, 1.807) is 17.2 Å². The summed E-state index contributed by atoms with van der Waals surface area (Å²) in [4.78, 5) is 20.0. The van der Waals surface area contributed by atoms with Crippen LogP contribution in [0.1, 0.15) is 11.3 Å². The Kier molecular flexibility index (Phi) is 4.92. The number of benzene rings is 1. The van der Waals surface area contributed by atoms with E-state index < -0.39 is 0 Å². The molecule has 0 unspecified atom stereocenters. The van der Waals surface area contributed by atoms with Crippen LogP contribution < -0.4 is 4.90 Å². The Hall–Kier alpha value is -3.07. The van der Waals surface area contributed by atoms with E-state index >= 15 is 0 Å². The van der Waals surface area contributed by atoms with Crippen molar-refractivity contribution in [2.24, 2.45) is 0 Å². The van der Waals surface area contributed by atoms with Gasteiger partial charge in [-0.05, 0) is 17.7 Å². The third-order valence-electron chi connectivity index (χ3n) is 3.97. The summed E-state index contributed by atoms with van der Waals surface area (Å²) in [6, 6.07) is 15.3. The molecule has 1 aliphatic rings. The number of rotatable bonds is 3. The molecule has 6 nitrogen and oxygen atoms in total. The fourth-order valence-electron chi connectivity index (χ4n) is 2.64. The van der Waals surface area contributed by atoms with E-state index in [2.05, 4.69) is 9.88 Å². The minimum atomic E-state index is -0.286. The molecule has 0 saturated carbocycles. The van der Waals surface area contributed by atoms with Crippen LogP contribution in [0.4, 0.5) is 10.5 Å². The van der Waals surface area contributed by atoms with E-state index in [9.17, 15) is 4.79 Å². The van der Waals surface area contributed by atoms with E-state index in [4.69, 9.17) is 10.00 Å². The van der Waals surface area contributed by atoms with Crippen LogP contribution in [-0.2, 0) is 11.3 Å². The van der Waals surface area contributed by atoms with Gasteiger partial charge in [-0.15, -0.1) is 0 Å². The van der Waals surface area contributed by atoms with Crippen LogP contribution in [0.15, 0.2) is 48.7 Å². The molecule has 2 aromatic rings. The highest BCUT2D eigenvalue weighted by atomic mass is 16.6. The van der Waals surface area contributed by atoms with Gasteiger partial charge in [-0.25, -0.2) is 9.78 Å². The predicted molar refractivity (Wildman–Crippen MR) is 89.4 cm³/mol. The second-order valence-corrected chi connectivity index (χ2v) is 5.53. The Labute approximate surface area is 140 Å². The zero-order valence-electron chi connectivity index (χ0n) is 13.3. The maximum atomic E-state index is 12.1. The van der Waals surface area contributed by atoms with Crippen LogP contribution in [0.5, 0.6) is 0 Å². The van der Waals surface area contributed by atoms with Crippen molar-refractivity contribution >= 4 is 11.8 Å². The van der Waals surface area contributed by atoms with Gasteiger partial charge in [-0.2, -0.15) is 5.26 Å². The number of aromatic nitrogens is 1. The molecule has 0 radical (unpaired) electrons. The molecule has 0 spiro atoms. The van der Waals surface area contributed by atoms with Crippen LogP contribution in [0, 0.1) is 11.3 Å². The highest BCUT2D eigenvalue weighted by Gasteiger charge is 2.22. The second-order valence-electron chi connectivity index (χ2n) is 5.53. The first-order valence-electron chi connectivity index (χ1n) is 7.83. The van der Waals surface area contributed by atoms with Gasteiger partial charge in [0.15, 0.2) is 0 Å². The largest absolute Gasteiger partial charge is 0.445 e. The number of hydrogen-bond donors (Lipinski definition) is 0. The standard InChI is InChI=1S/C18H18N4O2/c19-13-16-12-17(6-7-20-16)21-8-10-22(11-9-21)18(23)24-14-15-4-2-1-3-5-15/h1-7,12H,8-11,14H2. The molecule has 24 heavy (non-hydrogen) atoms. The summed E-state index contributed by atoms with van der Waals surface area (Å²) in [6.07, 6.45) is 1.35. The normalized spacial score (nSPS) is 14.1. The Balaban J connectivity index is 1.51. The Morgan fingerprint density at radius 2 is 1.92 bits per heavy atom. The predicted octanol–water partition coefficient (Wildman–Crippen LogP) is 2.41. The molecular weight excluding hydrogens is 304 g/mol. The minimum absolute atomic E-state index is 0.286. The molecule has 1 aromatic carbocycles. The van der Waals surface area contributed by atoms with Crippen LogP contribution >= 0.6 is 0 Å². The quantitative estimate of drug-likeness (QED) is 0.868. The summed E-state index contributed by atoms with van der Waals surface area (Å²) in [6.45, 7) is 2.88. The summed E-state index contributed by atoms with van der Waals surface area (Å²) < 4.78 is 5.36. The summed E-state index contributed by atoms with van der Waals surface area (Å²) in [5, 5.41) is 8.93. The van der Waals surface area contributed by atoms with Gasteiger partial charge in [-0.1, -0.05) is 30.3 Å². The third kappa shape index (κ3) is 3.82. The lowest BCUT2D eigenvalue weighted by atomic mass is 10.2. The third-order valence-corrected chi connectivity index (χ3v) is 3.97. The fraction of sp³-hybridized carbons (Fsp3) is 0.278. The molecule has 1 saturated heterocycles. The number of ether oxygens (including phenoxy) is 1. The molecule has 0 atom stereocenters. The van der Waals surface area contributed by atoms with Crippen molar-refractivity contribution < 1.29 is 9.53 Å². The molecule has 1 aliphatic heterocycles. The van der Waals surface area contributed by atoms with E-state index in [1.165, 1.54) is 0 Å². The lowest BCUT2D eigenvalue weighted by Crippen LogP contribution is -2.49. The van der Waals surface area contributed by atoms with Crippen molar-refractivity contribution in [3.05, 3.63) is 59.9 Å². The van der Waals surface area contributed by atoms with Crippen molar-refractivity contribution in [3.63, 3.8) is 0 Å². The molecule has 3 rings (SSSR count). The van der Waals surface area contributed by atoms with Crippen molar-refractivity contribution in [1.82, 2.24) is 9.88 Å². The number of carbonyl (C=O) groups excluding carboxylic acids is 1. The number of piperazine rings is 1. The summed E-state index contributed by atoms with van der Waals surface area (Å²) in [7, 11) is 0.